The largest absolute Gasteiger partial charge is 0.480 e. The Morgan fingerprint density at radius 1 is 1.36 bits per heavy atom. The molecular formula is C16H16N4O3S2. The number of nitrogens with one attached hydrogen (secondary N) is 2. The summed E-state index contributed by atoms with van der Waals surface area (Å²) in [6.07, 6.45) is 2.00. The van der Waals surface area contributed by atoms with Crippen LogP contribution < -0.4 is 5.32 Å². The van der Waals surface area contributed by atoms with Crippen LogP contribution >= 0.6 is 23.1 Å². The maximum Gasteiger partial charge on any atom is 0.326 e. The van der Waals surface area contributed by atoms with Crippen molar-refractivity contribution >= 4 is 45.9 Å². The minimum atomic E-state index is -1.06. The van der Waals surface area contributed by atoms with Gasteiger partial charge >= 0.3 is 5.97 Å². The minimum absolute atomic E-state index is 0.103. The SMILES string of the molecule is Cc1nnc(SCC(=O)NC(Cc2c[nH]c3ccccc23)C(=O)O)s1. The first-order valence-electron chi connectivity index (χ1n) is 7.53. The van der Waals surface area contributed by atoms with Crippen molar-refractivity contribution in [3.8, 4) is 0 Å². The maximum absolute atomic E-state index is 12.1. The predicted octanol–water partition coefficient (Wildman–Crippen LogP) is 2.23. The van der Waals surface area contributed by atoms with Crippen LogP contribution in [0.4, 0.5) is 0 Å². The average Bonchev–Trinajstić information content (AvgIpc) is 3.19. The Kier molecular flexibility index (Phi) is 5.34. The molecule has 0 aliphatic rings. The summed E-state index contributed by atoms with van der Waals surface area (Å²) in [4.78, 5) is 26.7. The summed E-state index contributed by atoms with van der Waals surface area (Å²) in [5, 5.41) is 21.6. The van der Waals surface area contributed by atoms with Gasteiger partial charge in [-0.3, -0.25) is 4.79 Å². The van der Waals surface area contributed by atoms with Crippen molar-refractivity contribution in [2.45, 2.75) is 23.7 Å². The van der Waals surface area contributed by atoms with Crippen LogP contribution in [0.3, 0.4) is 0 Å². The number of para-hydroxylation sites is 1. The second-order valence-corrected chi connectivity index (χ2v) is 7.80. The monoisotopic (exact) mass is 376 g/mol. The van der Waals surface area contributed by atoms with Crippen LogP contribution in [0.25, 0.3) is 10.9 Å². The molecule has 3 aromatic rings. The lowest BCUT2D eigenvalue weighted by atomic mass is 10.1. The number of carboxylic acid groups (broad SMARTS) is 1. The number of fused-ring (bicyclic) bond motifs is 1. The van der Waals surface area contributed by atoms with E-state index in [1.165, 1.54) is 23.1 Å². The summed E-state index contributed by atoms with van der Waals surface area (Å²) in [7, 11) is 0. The number of carbonyl (C=O) groups excluding carboxylic acids is 1. The highest BCUT2D eigenvalue weighted by Crippen LogP contribution is 2.22. The molecule has 1 unspecified atom stereocenters. The number of rotatable bonds is 7. The van der Waals surface area contributed by atoms with Crippen molar-refractivity contribution in [1.29, 1.82) is 0 Å². The number of hydrogen-bond donors (Lipinski definition) is 3. The molecular weight excluding hydrogens is 360 g/mol. The van der Waals surface area contributed by atoms with Crippen molar-refractivity contribution in [2.24, 2.45) is 0 Å². The van der Waals surface area contributed by atoms with E-state index in [0.717, 1.165) is 21.5 Å². The molecule has 1 atom stereocenters. The first-order valence-corrected chi connectivity index (χ1v) is 9.33. The second kappa shape index (κ2) is 7.66. The summed E-state index contributed by atoms with van der Waals surface area (Å²) in [5.74, 6) is -1.30. The second-order valence-electron chi connectivity index (χ2n) is 5.40. The molecule has 1 amide bonds. The fourth-order valence-electron chi connectivity index (χ4n) is 2.42. The molecule has 0 fully saturated rings. The van der Waals surface area contributed by atoms with E-state index in [4.69, 9.17) is 0 Å². The van der Waals surface area contributed by atoms with Gasteiger partial charge in [0.15, 0.2) is 4.34 Å². The Morgan fingerprint density at radius 2 is 2.16 bits per heavy atom. The number of aliphatic carboxylic acids is 1. The number of thioether (sulfide) groups is 1. The summed E-state index contributed by atoms with van der Waals surface area (Å²) < 4.78 is 0.691. The van der Waals surface area contributed by atoms with Crippen LogP contribution in [-0.2, 0) is 16.0 Å². The van der Waals surface area contributed by atoms with Crippen molar-refractivity contribution in [2.75, 3.05) is 5.75 Å². The molecule has 1 aromatic carbocycles. The Hall–Kier alpha value is -2.39. The summed E-state index contributed by atoms with van der Waals surface area (Å²) >= 11 is 2.65. The number of aryl methyl sites for hydroxylation is 1. The van der Waals surface area contributed by atoms with Crippen molar-refractivity contribution in [1.82, 2.24) is 20.5 Å². The van der Waals surface area contributed by atoms with Crippen molar-refractivity contribution in [3.05, 3.63) is 41.0 Å². The molecule has 0 aliphatic carbocycles. The molecule has 0 spiro atoms. The molecule has 0 bridgehead atoms. The summed E-state index contributed by atoms with van der Waals surface area (Å²) in [6.45, 7) is 1.84. The van der Waals surface area contributed by atoms with E-state index in [1.807, 2.05) is 31.2 Å². The van der Waals surface area contributed by atoms with Crippen LogP contribution in [0.1, 0.15) is 10.6 Å². The van der Waals surface area contributed by atoms with Crippen LogP contribution in [0.5, 0.6) is 0 Å². The third kappa shape index (κ3) is 4.37. The van der Waals surface area contributed by atoms with Gasteiger partial charge in [-0.1, -0.05) is 41.3 Å². The topological polar surface area (TPSA) is 108 Å². The number of aromatic nitrogens is 3. The van der Waals surface area contributed by atoms with E-state index < -0.39 is 12.0 Å². The number of hydrogen-bond acceptors (Lipinski definition) is 6. The van der Waals surface area contributed by atoms with Gasteiger partial charge in [-0.2, -0.15) is 0 Å². The Bertz CT molecular complexity index is 906. The molecule has 7 nitrogen and oxygen atoms in total. The summed E-state index contributed by atoms with van der Waals surface area (Å²) in [6, 6.07) is 6.67. The average molecular weight is 376 g/mol. The number of carbonyl (C=O) groups is 2. The molecule has 0 radical (unpaired) electrons. The standard InChI is InChI=1S/C16H16N4O3S2/c1-9-19-20-16(25-9)24-8-14(21)18-13(15(22)23)6-10-7-17-12-5-3-2-4-11(10)12/h2-5,7,13,17H,6,8H2,1H3,(H,18,21)(H,22,23). The molecule has 2 aromatic heterocycles. The summed E-state index contributed by atoms with van der Waals surface area (Å²) in [5.41, 5.74) is 1.80. The van der Waals surface area contributed by atoms with Gasteiger partial charge in [-0.25, -0.2) is 4.79 Å². The van der Waals surface area contributed by atoms with E-state index in [9.17, 15) is 14.7 Å². The van der Waals surface area contributed by atoms with E-state index in [0.29, 0.717) is 4.34 Å². The maximum atomic E-state index is 12.1. The first kappa shape index (κ1) is 17.4. The van der Waals surface area contributed by atoms with Crippen LogP contribution in [0.2, 0.25) is 0 Å². The molecule has 0 saturated heterocycles. The molecule has 3 N–H and O–H groups in total. The zero-order valence-electron chi connectivity index (χ0n) is 13.4. The number of carboxylic acids is 1. The van der Waals surface area contributed by atoms with Gasteiger partial charge in [-0.05, 0) is 18.6 Å². The fourth-order valence-corrected chi connectivity index (χ4v) is 4.05. The van der Waals surface area contributed by atoms with E-state index in [1.54, 1.807) is 6.20 Å². The lowest BCUT2D eigenvalue weighted by Gasteiger charge is -2.13. The van der Waals surface area contributed by atoms with E-state index in [2.05, 4.69) is 20.5 Å². The van der Waals surface area contributed by atoms with Crippen molar-refractivity contribution < 1.29 is 14.7 Å². The van der Waals surface area contributed by atoms with Crippen molar-refractivity contribution in [3.63, 3.8) is 0 Å². The van der Waals surface area contributed by atoms with Gasteiger partial charge in [0.25, 0.3) is 0 Å². The smallest absolute Gasteiger partial charge is 0.326 e. The van der Waals surface area contributed by atoms with E-state index in [-0.39, 0.29) is 18.1 Å². The number of amides is 1. The lowest BCUT2D eigenvalue weighted by Crippen LogP contribution is -2.43. The zero-order valence-corrected chi connectivity index (χ0v) is 15.0. The Labute approximate surface area is 151 Å². The van der Waals surface area contributed by atoms with Gasteiger partial charge in [0.05, 0.1) is 5.75 Å². The van der Waals surface area contributed by atoms with Gasteiger partial charge < -0.3 is 15.4 Å². The van der Waals surface area contributed by atoms with Crippen LogP contribution in [0, 0.1) is 6.92 Å². The number of benzene rings is 1. The van der Waals surface area contributed by atoms with Gasteiger partial charge in [0.1, 0.15) is 11.0 Å². The first-order chi connectivity index (χ1) is 12.0. The third-order valence-electron chi connectivity index (χ3n) is 3.57. The molecule has 0 aliphatic heterocycles. The highest BCUT2D eigenvalue weighted by Gasteiger charge is 2.22. The quantitative estimate of drug-likeness (QED) is 0.546. The number of H-pyrrole nitrogens is 1. The highest BCUT2D eigenvalue weighted by molar-refractivity contribution is 8.01. The molecule has 25 heavy (non-hydrogen) atoms. The van der Waals surface area contributed by atoms with Gasteiger partial charge in [0, 0.05) is 23.5 Å². The molecule has 130 valence electrons. The van der Waals surface area contributed by atoms with Crippen LogP contribution in [0.15, 0.2) is 34.8 Å². The minimum Gasteiger partial charge on any atom is -0.480 e. The van der Waals surface area contributed by atoms with Gasteiger partial charge in [0.2, 0.25) is 5.91 Å². The van der Waals surface area contributed by atoms with Gasteiger partial charge in [-0.15, -0.1) is 10.2 Å². The number of aromatic amines is 1. The normalized spacial score (nSPS) is 12.2. The fraction of sp³-hybridized carbons (Fsp3) is 0.250. The van der Waals surface area contributed by atoms with Crippen LogP contribution in [-0.4, -0.2) is 44.0 Å². The molecule has 0 saturated carbocycles. The molecule has 3 rings (SSSR count). The Balaban J connectivity index is 1.63. The zero-order chi connectivity index (χ0) is 17.8. The van der Waals surface area contributed by atoms with E-state index >= 15 is 0 Å². The Morgan fingerprint density at radius 3 is 2.88 bits per heavy atom. The highest BCUT2D eigenvalue weighted by atomic mass is 32.2. The predicted molar refractivity (Wildman–Crippen MR) is 96.9 cm³/mol. The number of nitrogens with zero attached hydrogens (tertiary/aromatic N) is 2. The molecule has 2 heterocycles. The lowest BCUT2D eigenvalue weighted by molar-refractivity contribution is -0.141. The third-order valence-corrected chi connectivity index (χ3v) is 5.54. The molecule has 9 heteroatoms.